The van der Waals surface area contributed by atoms with Gasteiger partial charge in [-0.1, -0.05) is 35.9 Å². The van der Waals surface area contributed by atoms with E-state index in [1.165, 1.54) is 6.07 Å². The first-order chi connectivity index (χ1) is 10.1. The highest BCUT2D eigenvalue weighted by Gasteiger charge is 2.12. The van der Waals surface area contributed by atoms with Crippen LogP contribution in [0, 0.1) is 0 Å². The van der Waals surface area contributed by atoms with Gasteiger partial charge in [0.1, 0.15) is 5.75 Å². The first-order valence-electron chi connectivity index (χ1n) is 6.42. The quantitative estimate of drug-likeness (QED) is 0.734. The number of phenolic OH excluding ortho intramolecular Hbond substituents is 1. The van der Waals surface area contributed by atoms with Gasteiger partial charge in [-0.25, -0.2) is 0 Å². The van der Waals surface area contributed by atoms with Crippen molar-refractivity contribution in [1.29, 1.82) is 0 Å². The van der Waals surface area contributed by atoms with Crippen molar-refractivity contribution in [2.45, 2.75) is 0 Å². The van der Waals surface area contributed by atoms with Gasteiger partial charge in [0.2, 0.25) is 0 Å². The van der Waals surface area contributed by atoms with Crippen LogP contribution in [-0.4, -0.2) is 11.0 Å². The van der Waals surface area contributed by atoms with Gasteiger partial charge in [0, 0.05) is 10.7 Å². The Balaban J connectivity index is 1.99. The van der Waals surface area contributed by atoms with Crippen LogP contribution in [0.4, 0.5) is 5.69 Å². The molecule has 0 atom stereocenters. The average Bonchev–Trinajstić information content (AvgIpc) is 2.48. The number of phenols is 1. The van der Waals surface area contributed by atoms with E-state index in [0.29, 0.717) is 16.3 Å². The Morgan fingerprint density at radius 1 is 1.00 bits per heavy atom. The molecule has 104 valence electrons. The molecule has 1 amide bonds. The van der Waals surface area contributed by atoms with Gasteiger partial charge in [-0.05, 0) is 47.2 Å². The lowest BCUT2D eigenvalue weighted by atomic mass is 10.0. The Morgan fingerprint density at radius 2 is 1.71 bits per heavy atom. The molecule has 0 aliphatic heterocycles. The van der Waals surface area contributed by atoms with Crippen LogP contribution in [0.5, 0.6) is 5.75 Å². The van der Waals surface area contributed by atoms with E-state index in [1.807, 2.05) is 24.3 Å². The van der Waals surface area contributed by atoms with Crippen LogP contribution in [0.15, 0.2) is 60.7 Å². The Morgan fingerprint density at radius 3 is 2.48 bits per heavy atom. The lowest BCUT2D eigenvalue weighted by Crippen LogP contribution is -2.12. The van der Waals surface area contributed by atoms with Gasteiger partial charge in [-0.15, -0.1) is 0 Å². The van der Waals surface area contributed by atoms with E-state index in [9.17, 15) is 9.90 Å². The number of hydrogen-bond donors (Lipinski definition) is 2. The third-order valence-corrected chi connectivity index (χ3v) is 3.45. The fourth-order valence-electron chi connectivity index (χ4n) is 2.21. The first kappa shape index (κ1) is 13.5. The summed E-state index contributed by atoms with van der Waals surface area (Å²) in [5, 5.41) is 14.8. The summed E-state index contributed by atoms with van der Waals surface area (Å²) in [5.41, 5.74) is 1.08. The number of fused-ring (bicyclic) bond motifs is 1. The zero-order valence-electron chi connectivity index (χ0n) is 11.0. The molecule has 0 bridgehead atoms. The van der Waals surface area contributed by atoms with Crippen LogP contribution in [0.1, 0.15) is 10.4 Å². The summed E-state index contributed by atoms with van der Waals surface area (Å²) in [5.74, 6) is -0.209. The molecule has 0 saturated heterocycles. The van der Waals surface area contributed by atoms with E-state index in [4.69, 9.17) is 11.6 Å². The van der Waals surface area contributed by atoms with Gasteiger partial charge in [0.25, 0.3) is 5.91 Å². The van der Waals surface area contributed by atoms with Crippen molar-refractivity contribution in [1.82, 2.24) is 0 Å². The highest BCUT2D eigenvalue weighted by Crippen LogP contribution is 2.25. The van der Waals surface area contributed by atoms with Gasteiger partial charge in [0.15, 0.2) is 0 Å². The minimum atomic E-state index is -0.274. The maximum atomic E-state index is 12.4. The topological polar surface area (TPSA) is 49.3 Å². The van der Waals surface area contributed by atoms with E-state index < -0.39 is 0 Å². The standard InChI is InChI=1S/C17H12ClNO2/c18-12-5-7-13(8-6-12)19-17(21)16-10-14(20)9-11-3-1-2-4-15(11)16/h1-10,20H,(H,19,21). The van der Waals surface area contributed by atoms with E-state index in [0.717, 1.165) is 10.8 Å². The summed E-state index contributed by atoms with van der Waals surface area (Å²) < 4.78 is 0. The smallest absolute Gasteiger partial charge is 0.256 e. The van der Waals surface area contributed by atoms with Crippen LogP contribution < -0.4 is 5.32 Å². The van der Waals surface area contributed by atoms with Crippen LogP contribution in [0.25, 0.3) is 10.8 Å². The summed E-state index contributed by atoms with van der Waals surface area (Å²) in [6.45, 7) is 0. The highest BCUT2D eigenvalue weighted by atomic mass is 35.5. The second kappa shape index (κ2) is 5.46. The van der Waals surface area contributed by atoms with Crippen molar-refractivity contribution in [3.63, 3.8) is 0 Å². The van der Waals surface area contributed by atoms with E-state index in [2.05, 4.69) is 5.32 Å². The third kappa shape index (κ3) is 2.83. The Kier molecular flexibility index (Phi) is 3.50. The Bertz CT molecular complexity index is 813. The maximum absolute atomic E-state index is 12.4. The van der Waals surface area contributed by atoms with E-state index in [-0.39, 0.29) is 11.7 Å². The number of carbonyl (C=O) groups excluding carboxylic acids is 1. The third-order valence-electron chi connectivity index (χ3n) is 3.19. The first-order valence-corrected chi connectivity index (χ1v) is 6.80. The van der Waals surface area contributed by atoms with Crippen LogP contribution in [0.3, 0.4) is 0 Å². The Hall–Kier alpha value is -2.52. The predicted octanol–water partition coefficient (Wildman–Crippen LogP) is 4.45. The number of anilines is 1. The summed E-state index contributed by atoms with van der Waals surface area (Å²) in [6, 6.07) is 17.4. The minimum absolute atomic E-state index is 0.0648. The number of hydrogen-bond acceptors (Lipinski definition) is 2. The highest BCUT2D eigenvalue weighted by molar-refractivity contribution is 6.30. The molecule has 0 radical (unpaired) electrons. The fourth-order valence-corrected chi connectivity index (χ4v) is 2.34. The Labute approximate surface area is 126 Å². The molecule has 3 nitrogen and oxygen atoms in total. The molecule has 3 aromatic rings. The number of aromatic hydroxyl groups is 1. The predicted molar refractivity (Wildman–Crippen MR) is 85.0 cm³/mol. The number of nitrogens with one attached hydrogen (secondary N) is 1. The van der Waals surface area contributed by atoms with E-state index >= 15 is 0 Å². The molecule has 2 N–H and O–H groups in total. The number of benzene rings is 3. The summed E-state index contributed by atoms with van der Waals surface area (Å²) in [7, 11) is 0. The van der Waals surface area contributed by atoms with Crippen molar-refractivity contribution < 1.29 is 9.90 Å². The zero-order valence-corrected chi connectivity index (χ0v) is 11.8. The number of carbonyl (C=O) groups is 1. The molecule has 3 rings (SSSR count). The van der Waals surface area contributed by atoms with Gasteiger partial charge in [0.05, 0.1) is 5.56 Å². The molecule has 0 aliphatic carbocycles. The van der Waals surface area contributed by atoms with Crippen LogP contribution >= 0.6 is 11.6 Å². The summed E-state index contributed by atoms with van der Waals surface area (Å²) in [6.07, 6.45) is 0. The maximum Gasteiger partial charge on any atom is 0.256 e. The number of rotatable bonds is 2. The second-order valence-corrected chi connectivity index (χ2v) is 5.11. The van der Waals surface area contributed by atoms with Crippen molar-refractivity contribution in [2.75, 3.05) is 5.32 Å². The van der Waals surface area contributed by atoms with Gasteiger partial charge >= 0.3 is 0 Å². The minimum Gasteiger partial charge on any atom is -0.508 e. The van der Waals surface area contributed by atoms with Crippen LogP contribution in [0.2, 0.25) is 5.02 Å². The second-order valence-electron chi connectivity index (χ2n) is 4.68. The normalized spacial score (nSPS) is 10.5. The average molecular weight is 298 g/mol. The van der Waals surface area contributed by atoms with Gasteiger partial charge in [-0.2, -0.15) is 0 Å². The molecule has 0 fully saturated rings. The SMILES string of the molecule is O=C(Nc1ccc(Cl)cc1)c1cc(O)cc2ccccc12. The molecule has 0 spiro atoms. The zero-order chi connectivity index (χ0) is 14.8. The van der Waals surface area contributed by atoms with Crippen molar-refractivity contribution >= 4 is 34.0 Å². The van der Waals surface area contributed by atoms with Crippen molar-refractivity contribution in [3.05, 3.63) is 71.2 Å². The lowest BCUT2D eigenvalue weighted by Gasteiger charge is -2.09. The number of halogens is 1. The van der Waals surface area contributed by atoms with Crippen molar-refractivity contribution in [2.24, 2.45) is 0 Å². The van der Waals surface area contributed by atoms with E-state index in [1.54, 1.807) is 30.3 Å². The molecule has 3 aromatic carbocycles. The lowest BCUT2D eigenvalue weighted by molar-refractivity contribution is 0.102. The molecule has 0 unspecified atom stereocenters. The summed E-state index contributed by atoms with van der Waals surface area (Å²) >= 11 is 5.82. The molecule has 0 heterocycles. The molecule has 0 aliphatic rings. The monoisotopic (exact) mass is 297 g/mol. The molecule has 0 aromatic heterocycles. The fraction of sp³-hybridized carbons (Fsp3) is 0. The van der Waals surface area contributed by atoms with Gasteiger partial charge in [-0.3, -0.25) is 4.79 Å². The molecule has 0 saturated carbocycles. The van der Waals surface area contributed by atoms with Crippen LogP contribution in [-0.2, 0) is 0 Å². The number of amides is 1. The summed E-state index contributed by atoms with van der Waals surface area (Å²) in [4.78, 5) is 12.4. The molecular formula is C17H12ClNO2. The molecule has 4 heteroatoms. The molecular weight excluding hydrogens is 286 g/mol. The largest absolute Gasteiger partial charge is 0.508 e. The van der Waals surface area contributed by atoms with Gasteiger partial charge < -0.3 is 10.4 Å². The van der Waals surface area contributed by atoms with Crippen molar-refractivity contribution in [3.8, 4) is 5.75 Å². The molecule has 21 heavy (non-hydrogen) atoms.